The molecule has 0 radical (unpaired) electrons. The number of hydrogen-bond acceptors (Lipinski definition) is 5. The Morgan fingerprint density at radius 3 is 2.42 bits per heavy atom. The van der Waals surface area contributed by atoms with E-state index in [-0.39, 0.29) is 17.0 Å². The summed E-state index contributed by atoms with van der Waals surface area (Å²) in [7, 11) is 0. The van der Waals surface area contributed by atoms with Crippen LogP contribution in [-0.4, -0.2) is 22.8 Å². The minimum absolute atomic E-state index is 0.105. The number of nitro groups is 1. The van der Waals surface area contributed by atoms with E-state index in [2.05, 4.69) is 0 Å². The minimum Gasteiger partial charge on any atom is -0.451 e. The lowest BCUT2D eigenvalue weighted by molar-refractivity contribution is -0.384. The van der Waals surface area contributed by atoms with Gasteiger partial charge in [-0.05, 0) is 43.9 Å². The third kappa shape index (κ3) is 3.35. The minimum atomic E-state index is -0.809. The van der Waals surface area contributed by atoms with Crippen LogP contribution in [0.4, 0.5) is 5.69 Å². The summed E-state index contributed by atoms with van der Waals surface area (Å²) in [4.78, 5) is 35.5. The predicted molar refractivity (Wildman–Crippen MR) is 95.0 cm³/mol. The van der Waals surface area contributed by atoms with Gasteiger partial charge in [-0.15, -0.1) is 0 Å². The molecule has 134 valence electrons. The van der Waals surface area contributed by atoms with Gasteiger partial charge in [0.1, 0.15) is 0 Å². The number of carbonyl (C=O) groups excluding carboxylic acids is 2. The van der Waals surface area contributed by atoms with Gasteiger partial charge in [-0.25, -0.2) is 4.79 Å². The number of carbonyl (C=O) groups is 2. The van der Waals surface area contributed by atoms with Crippen molar-refractivity contribution in [3.8, 4) is 0 Å². The molecule has 26 heavy (non-hydrogen) atoms. The molecule has 1 fully saturated rings. The van der Waals surface area contributed by atoms with E-state index in [0.29, 0.717) is 12.8 Å². The second-order valence-corrected chi connectivity index (χ2v) is 6.65. The monoisotopic (exact) mass is 353 g/mol. The zero-order chi connectivity index (χ0) is 18.7. The third-order valence-electron chi connectivity index (χ3n) is 4.95. The first kappa shape index (κ1) is 17.8. The molecule has 1 saturated carbocycles. The lowest BCUT2D eigenvalue weighted by atomic mass is 9.69. The number of benzene rings is 2. The lowest BCUT2D eigenvalue weighted by Crippen LogP contribution is -2.46. The van der Waals surface area contributed by atoms with Gasteiger partial charge in [0.25, 0.3) is 5.69 Å². The smallest absolute Gasteiger partial charge is 0.338 e. The number of rotatable bonds is 4. The molecule has 2 atom stereocenters. The number of Topliss-reactive ketones (excluding diaryl/α,β-unsaturated/α-hetero) is 1. The van der Waals surface area contributed by atoms with E-state index in [9.17, 15) is 19.7 Å². The molecule has 6 nitrogen and oxygen atoms in total. The maximum atomic E-state index is 13.0. The number of esters is 1. The van der Waals surface area contributed by atoms with Crippen LogP contribution < -0.4 is 0 Å². The Morgan fingerprint density at radius 2 is 1.81 bits per heavy atom. The Morgan fingerprint density at radius 1 is 1.15 bits per heavy atom. The van der Waals surface area contributed by atoms with Gasteiger partial charge >= 0.3 is 5.97 Å². The number of nitrogens with zero attached hydrogens (tertiary/aromatic N) is 1. The Labute approximate surface area is 150 Å². The molecule has 2 aromatic carbocycles. The van der Waals surface area contributed by atoms with Crippen LogP contribution in [0.25, 0.3) is 0 Å². The zero-order valence-corrected chi connectivity index (χ0v) is 14.4. The Balaban J connectivity index is 1.76. The molecule has 6 heteroatoms. The summed E-state index contributed by atoms with van der Waals surface area (Å²) < 4.78 is 5.45. The summed E-state index contributed by atoms with van der Waals surface area (Å²) in [6.07, 6.45) is 1.16. The lowest BCUT2D eigenvalue weighted by Gasteiger charge is -2.36. The molecular weight excluding hydrogens is 334 g/mol. The molecule has 1 aliphatic rings. The van der Waals surface area contributed by atoms with Gasteiger partial charge in [0, 0.05) is 12.1 Å². The maximum absolute atomic E-state index is 13.0. The number of ketones is 1. The summed E-state index contributed by atoms with van der Waals surface area (Å²) in [5, 5.41) is 10.7. The van der Waals surface area contributed by atoms with E-state index in [4.69, 9.17) is 4.74 Å². The fourth-order valence-electron chi connectivity index (χ4n) is 3.37. The normalized spacial score (nSPS) is 22.7. The highest BCUT2D eigenvalue weighted by Crippen LogP contribution is 2.37. The molecule has 0 unspecified atom stereocenters. The molecule has 0 aromatic heterocycles. The summed E-state index contributed by atoms with van der Waals surface area (Å²) in [5.74, 6) is -0.749. The number of ether oxygens (including phenoxy) is 1. The summed E-state index contributed by atoms with van der Waals surface area (Å²) in [5.41, 5.74) is 0.323. The molecule has 0 aliphatic heterocycles. The molecule has 0 N–H and O–H groups in total. The van der Waals surface area contributed by atoms with Crippen LogP contribution in [0.5, 0.6) is 0 Å². The molecule has 0 amide bonds. The van der Waals surface area contributed by atoms with Crippen LogP contribution in [0.2, 0.25) is 0 Å². The van der Waals surface area contributed by atoms with Gasteiger partial charge in [-0.3, -0.25) is 14.9 Å². The van der Waals surface area contributed by atoms with Crippen molar-refractivity contribution in [1.82, 2.24) is 0 Å². The standard InChI is InChI=1S/C20H19NO5/c1-20(15-6-3-2-4-7-15)13-5-8-17(18(20)22)26-19(23)14-9-11-16(12-10-14)21(24)25/h2-4,6-7,9-12,17H,5,8,13H2,1H3/t17-,20-/m0/s1. The van der Waals surface area contributed by atoms with Gasteiger partial charge in [0.2, 0.25) is 0 Å². The first-order valence-corrected chi connectivity index (χ1v) is 8.47. The van der Waals surface area contributed by atoms with E-state index >= 15 is 0 Å². The average Bonchev–Trinajstić information content (AvgIpc) is 2.66. The first-order valence-electron chi connectivity index (χ1n) is 8.47. The molecule has 2 aromatic rings. The van der Waals surface area contributed by atoms with E-state index in [1.54, 1.807) is 0 Å². The van der Waals surface area contributed by atoms with Crippen molar-refractivity contribution in [2.45, 2.75) is 37.7 Å². The third-order valence-corrected chi connectivity index (χ3v) is 4.95. The highest BCUT2D eigenvalue weighted by Gasteiger charge is 2.44. The maximum Gasteiger partial charge on any atom is 0.338 e. The van der Waals surface area contributed by atoms with Gasteiger partial charge in [0.05, 0.1) is 15.9 Å². The van der Waals surface area contributed by atoms with Crippen LogP contribution in [0.15, 0.2) is 54.6 Å². The van der Waals surface area contributed by atoms with Crippen molar-refractivity contribution in [2.75, 3.05) is 0 Å². The Hall–Kier alpha value is -3.02. The van der Waals surface area contributed by atoms with Crippen molar-refractivity contribution < 1.29 is 19.2 Å². The Bertz CT molecular complexity index is 831. The van der Waals surface area contributed by atoms with E-state index in [0.717, 1.165) is 12.0 Å². The second-order valence-electron chi connectivity index (χ2n) is 6.65. The number of nitro benzene ring substituents is 1. The highest BCUT2D eigenvalue weighted by molar-refractivity contribution is 5.97. The van der Waals surface area contributed by atoms with Gasteiger partial charge in [-0.1, -0.05) is 30.3 Å². The van der Waals surface area contributed by atoms with E-state index in [1.807, 2.05) is 37.3 Å². The van der Waals surface area contributed by atoms with E-state index < -0.39 is 22.4 Å². The van der Waals surface area contributed by atoms with Gasteiger partial charge in [-0.2, -0.15) is 0 Å². The van der Waals surface area contributed by atoms with Crippen LogP contribution >= 0.6 is 0 Å². The molecule has 3 rings (SSSR count). The van der Waals surface area contributed by atoms with Crippen molar-refractivity contribution in [2.24, 2.45) is 0 Å². The molecule has 0 heterocycles. The molecular formula is C20H19NO5. The van der Waals surface area contributed by atoms with Crippen LogP contribution in [0.3, 0.4) is 0 Å². The second kappa shape index (κ2) is 7.07. The quantitative estimate of drug-likeness (QED) is 0.474. The summed E-state index contributed by atoms with van der Waals surface area (Å²) in [6.45, 7) is 1.89. The predicted octanol–water partition coefficient (Wildman–Crippen LogP) is 3.83. The average molecular weight is 353 g/mol. The highest BCUT2D eigenvalue weighted by atomic mass is 16.6. The summed E-state index contributed by atoms with van der Waals surface area (Å²) in [6, 6.07) is 14.7. The fourth-order valence-corrected chi connectivity index (χ4v) is 3.37. The van der Waals surface area contributed by atoms with Crippen molar-refractivity contribution >= 4 is 17.4 Å². The van der Waals surface area contributed by atoms with Gasteiger partial charge in [0.15, 0.2) is 11.9 Å². The van der Waals surface area contributed by atoms with Crippen LogP contribution in [0, 0.1) is 10.1 Å². The van der Waals surface area contributed by atoms with Crippen LogP contribution in [-0.2, 0) is 14.9 Å². The molecule has 0 bridgehead atoms. The van der Waals surface area contributed by atoms with Gasteiger partial charge < -0.3 is 4.74 Å². The fraction of sp³-hybridized carbons (Fsp3) is 0.300. The first-order chi connectivity index (χ1) is 12.4. The molecule has 0 saturated heterocycles. The number of hydrogen-bond donors (Lipinski definition) is 0. The largest absolute Gasteiger partial charge is 0.451 e. The van der Waals surface area contributed by atoms with Crippen LogP contribution in [0.1, 0.15) is 42.1 Å². The topological polar surface area (TPSA) is 86.5 Å². The molecule has 0 spiro atoms. The SMILES string of the molecule is C[C@@]1(c2ccccc2)CCC[C@H](OC(=O)c2ccc([N+](=O)[O-])cc2)C1=O. The van der Waals surface area contributed by atoms with Crippen molar-refractivity contribution in [1.29, 1.82) is 0 Å². The number of non-ortho nitro benzene ring substituents is 1. The summed E-state index contributed by atoms with van der Waals surface area (Å²) >= 11 is 0. The van der Waals surface area contributed by atoms with Crippen molar-refractivity contribution in [3.05, 3.63) is 75.8 Å². The molecule has 1 aliphatic carbocycles. The van der Waals surface area contributed by atoms with Crippen molar-refractivity contribution in [3.63, 3.8) is 0 Å². The zero-order valence-electron chi connectivity index (χ0n) is 14.4. The Kier molecular flexibility index (Phi) is 4.84. The van der Waals surface area contributed by atoms with E-state index in [1.165, 1.54) is 24.3 Å².